The smallest absolute Gasteiger partial charge is 0.321 e. The average Bonchev–Trinajstić information content (AvgIpc) is 2.63. The lowest BCUT2D eigenvalue weighted by Gasteiger charge is -2.31. The van der Waals surface area contributed by atoms with Gasteiger partial charge in [0.1, 0.15) is 22.7 Å². The molecule has 0 unspecified atom stereocenters. The van der Waals surface area contributed by atoms with Crippen LogP contribution in [0.15, 0.2) is 0 Å². The number of thiol groups is 3. The molecule has 0 aliphatic rings. The van der Waals surface area contributed by atoms with E-state index in [1.165, 1.54) is 20.8 Å². The maximum atomic E-state index is 11.7. The number of hydrogen-bond donors (Lipinski definition) is 4. The Morgan fingerprint density at radius 2 is 1.13 bits per heavy atom. The molecule has 0 aliphatic carbocycles. The zero-order chi connectivity index (χ0) is 25.2. The largest absolute Gasteiger partial charge is 0.480 e. The molecule has 0 rings (SSSR count). The molecule has 6 nitrogen and oxygen atoms in total. The van der Waals surface area contributed by atoms with Crippen molar-refractivity contribution in [1.82, 2.24) is 0 Å². The molecule has 0 atom stereocenters. The van der Waals surface area contributed by atoms with Crippen molar-refractivity contribution >= 4 is 55.8 Å². The van der Waals surface area contributed by atoms with Crippen molar-refractivity contribution in [3.05, 3.63) is 0 Å². The molecular weight excluding hydrogens is 456 g/mol. The summed E-state index contributed by atoms with van der Waals surface area (Å²) < 4.78 is 8.64. The molecule has 0 aromatic carbocycles. The lowest BCUT2D eigenvalue weighted by Crippen LogP contribution is -2.36. The number of aliphatic carboxylic acids is 1. The molecule has 0 bridgehead atoms. The summed E-state index contributed by atoms with van der Waals surface area (Å²) in [7, 11) is 0. The van der Waals surface area contributed by atoms with Crippen LogP contribution in [-0.2, 0) is 23.9 Å². The summed E-state index contributed by atoms with van der Waals surface area (Å²) in [5.74, 6) is -0.627. The first-order valence-electron chi connectivity index (χ1n) is 10.1. The van der Waals surface area contributed by atoms with E-state index in [9.17, 15) is 14.4 Å². The van der Waals surface area contributed by atoms with E-state index >= 15 is 0 Å². The van der Waals surface area contributed by atoms with Crippen molar-refractivity contribution in [2.75, 3.05) is 19.0 Å². The minimum Gasteiger partial charge on any atom is -0.480 e. The third-order valence-corrected chi connectivity index (χ3v) is 3.99. The van der Waals surface area contributed by atoms with Crippen molar-refractivity contribution in [2.24, 2.45) is 5.41 Å². The Morgan fingerprint density at radius 1 is 0.839 bits per heavy atom. The van der Waals surface area contributed by atoms with Crippen LogP contribution in [0.25, 0.3) is 0 Å². The summed E-state index contributed by atoms with van der Waals surface area (Å²) >= 11 is 11.7. The fourth-order valence-electron chi connectivity index (χ4n) is 1.35. The van der Waals surface area contributed by atoms with Gasteiger partial charge in [-0.25, -0.2) is 0 Å². The summed E-state index contributed by atoms with van der Waals surface area (Å²) in [4.78, 5) is 32.5. The fraction of sp³-hybridized carbons (Fsp3) is 0.864. The van der Waals surface area contributed by atoms with Gasteiger partial charge in [-0.05, 0) is 46.3 Å². The van der Waals surface area contributed by atoms with Crippen LogP contribution in [0, 0.1) is 5.41 Å². The second-order valence-corrected chi connectivity index (χ2v) is 10.2. The highest BCUT2D eigenvalue weighted by molar-refractivity contribution is 7.82. The third-order valence-electron chi connectivity index (χ3n) is 3.61. The quantitative estimate of drug-likeness (QED) is 0.240. The van der Waals surface area contributed by atoms with E-state index in [1.54, 1.807) is 13.8 Å². The molecule has 0 heterocycles. The van der Waals surface area contributed by atoms with Gasteiger partial charge in [-0.3, -0.25) is 14.4 Å². The molecule has 0 amide bonds. The minimum absolute atomic E-state index is 0. The van der Waals surface area contributed by atoms with Crippen LogP contribution >= 0.6 is 37.9 Å². The number of carboxylic acid groups (broad SMARTS) is 1. The van der Waals surface area contributed by atoms with Crippen LogP contribution in [0.3, 0.4) is 0 Å². The summed E-state index contributed by atoms with van der Waals surface area (Å²) in [5, 5.41) is 8.17. The van der Waals surface area contributed by atoms with Gasteiger partial charge < -0.3 is 14.6 Å². The van der Waals surface area contributed by atoms with Gasteiger partial charge in [0.15, 0.2) is 0 Å². The van der Waals surface area contributed by atoms with E-state index in [1.807, 2.05) is 34.6 Å². The number of ether oxygens (including phenoxy) is 2. The van der Waals surface area contributed by atoms with Crippen molar-refractivity contribution in [2.45, 2.75) is 99.0 Å². The van der Waals surface area contributed by atoms with Gasteiger partial charge in [0, 0.05) is 12.3 Å². The highest BCUT2D eigenvalue weighted by Crippen LogP contribution is 2.28. The van der Waals surface area contributed by atoms with Gasteiger partial charge in [0.25, 0.3) is 0 Å². The molecule has 190 valence electrons. The maximum absolute atomic E-state index is 11.7. The Morgan fingerprint density at radius 3 is 1.32 bits per heavy atom. The Labute approximate surface area is 207 Å². The van der Waals surface area contributed by atoms with Crippen molar-refractivity contribution in [3.63, 3.8) is 0 Å². The summed E-state index contributed by atoms with van der Waals surface area (Å²) in [6.07, 6.45) is 1.55. The second kappa shape index (κ2) is 21.3. The van der Waals surface area contributed by atoms with Crippen LogP contribution in [0.2, 0.25) is 0 Å². The van der Waals surface area contributed by atoms with Gasteiger partial charge in [-0.1, -0.05) is 42.0 Å². The summed E-state index contributed by atoms with van der Waals surface area (Å²) in [5.41, 5.74) is -0.305. The molecule has 0 aromatic heterocycles. The van der Waals surface area contributed by atoms with Gasteiger partial charge >= 0.3 is 17.9 Å². The molecule has 0 saturated carbocycles. The topological polar surface area (TPSA) is 89.9 Å². The van der Waals surface area contributed by atoms with E-state index in [-0.39, 0.29) is 38.0 Å². The number of carbonyl (C=O) groups excluding carboxylic acids is 2. The Bertz CT molecular complexity index is 465. The molecule has 0 fully saturated rings. The zero-order valence-electron chi connectivity index (χ0n) is 20.4. The van der Waals surface area contributed by atoms with E-state index < -0.39 is 15.5 Å². The number of carbonyl (C=O) groups is 3. The van der Waals surface area contributed by atoms with Gasteiger partial charge in [-0.2, -0.15) is 37.9 Å². The third kappa shape index (κ3) is 25.6. The predicted molar refractivity (Wildman–Crippen MR) is 142 cm³/mol. The molecule has 0 saturated heterocycles. The van der Waals surface area contributed by atoms with E-state index in [0.717, 1.165) is 18.6 Å². The highest BCUT2D eigenvalue weighted by atomic mass is 32.1. The van der Waals surface area contributed by atoms with E-state index in [0.29, 0.717) is 0 Å². The highest BCUT2D eigenvalue weighted by Gasteiger charge is 2.32. The zero-order valence-corrected chi connectivity index (χ0v) is 23.0. The number of hydrogen-bond acceptors (Lipinski definition) is 8. The van der Waals surface area contributed by atoms with E-state index in [2.05, 4.69) is 37.9 Å². The fourth-order valence-corrected chi connectivity index (χ4v) is 1.41. The normalized spacial score (nSPS) is 10.4. The van der Waals surface area contributed by atoms with Gasteiger partial charge in [0.05, 0.1) is 0 Å². The molecule has 0 radical (unpaired) electrons. The van der Waals surface area contributed by atoms with Crippen LogP contribution < -0.4 is 0 Å². The van der Waals surface area contributed by atoms with E-state index in [4.69, 9.17) is 14.6 Å². The number of esters is 2. The van der Waals surface area contributed by atoms with Gasteiger partial charge in [0.2, 0.25) is 0 Å². The predicted octanol–water partition coefficient (Wildman–Crippen LogP) is 5.99. The van der Waals surface area contributed by atoms with Crippen molar-refractivity contribution < 1.29 is 29.0 Å². The molecular formula is C22H48O6S3. The maximum Gasteiger partial charge on any atom is 0.321 e. The number of rotatable bonds is 8. The van der Waals surface area contributed by atoms with Crippen LogP contribution in [0.4, 0.5) is 0 Å². The molecule has 1 N–H and O–H groups in total. The molecule has 0 spiro atoms. The Kier molecular flexibility index (Phi) is 28.0. The number of carboxylic acids is 1. The monoisotopic (exact) mass is 504 g/mol. The average molecular weight is 505 g/mol. The Hall–Kier alpha value is -0.540. The first kappa shape index (κ1) is 40.8. The Balaban J connectivity index is -0.000000144. The van der Waals surface area contributed by atoms with Crippen molar-refractivity contribution in [1.29, 1.82) is 0 Å². The van der Waals surface area contributed by atoms with Gasteiger partial charge in [-0.15, -0.1) is 0 Å². The first-order chi connectivity index (χ1) is 13.5. The van der Waals surface area contributed by atoms with Crippen molar-refractivity contribution in [3.8, 4) is 0 Å². The molecule has 0 aromatic rings. The van der Waals surface area contributed by atoms with Crippen LogP contribution in [0.1, 0.15) is 89.5 Å². The second-order valence-electron chi connectivity index (χ2n) is 7.30. The minimum atomic E-state index is -0.893. The SMILES string of the molecule is C.CC.CC(C)(S)C(=O)O.CCC(CC)(COC(C)=O)COC(=O)C(C)(C)S.CCS. The summed E-state index contributed by atoms with van der Waals surface area (Å²) in [6.45, 7) is 18.3. The first-order valence-corrected chi connectivity index (χ1v) is 11.6. The molecule has 9 heteroatoms. The lowest BCUT2D eigenvalue weighted by molar-refractivity contribution is -0.154. The van der Waals surface area contributed by atoms with Crippen LogP contribution in [-0.4, -0.2) is 51.5 Å². The lowest BCUT2D eigenvalue weighted by atomic mass is 9.84. The molecule has 31 heavy (non-hydrogen) atoms. The standard InChI is InChI=1S/C13H24O4S.C4H8O2S.C2H6S.C2H6.CH4/c1-6-13(7-2,8-16-10(3)14)9-17-11(15)12(4,5)18;1-4(2,7)3(5)6;1-2-3;1-2;/h18H,6-9H2,1-5H3;7H,1-2H3,(H,5,6);3H,2H2,1H3;1-2H3;1H4. The molecule has 0 aliphatic heterocycles. The summed E-state index contributed by atoms with van der Waals surface area (Å²) in [6, 6.07) is 0. The van der Waals surface area contributed by atoms with Crippen LogP contribution in [0.5, 0.6) is 0 Å².